The van der Waals surface area contributed by atoms with E-state index in [1.807, 2.05) is 11.8 Å². The van der Waals surface area contributed by atoms with Gasteiger partial charge < -0.3 is 4.74 Å². The first-order valence-corrected chi connectivity index (χ1v) is 5.36. The van der Waals surface area contributed by atoms with Crippen molar-refractivity contribution in [3.63, 3.8) is 0 Å². The van der Waals surface area contributed by atoms with Crippen molar-refractivity contribution in [2.45, 2.75) is 39.0 Å². The molecule has 0 aromatic rings. The molecule has 1 heterocycles. The molecule has 0 saturated carbocycles. The average molecular weight is 174 g/mol. The molecule has 0 N–H and O–H groups in total. The third kappa shape index (κ3) is 4.02. The van der Waals surface area contributed by atoms with Gasteiger partial charge in [0.05, 0.1) is 6.61 Å². The Morgan fingerprint density at radius 2 is 2.18 bits per heavy atom. The van der Waals surface area contributed by atoms with E-state index in [0.29, 0.717) is 10.9 Å². The summed E-state index contributed by atoms with van der Waals surface area (Å²) in [5, 5.41) is 0. The fourth-order valence-electron chi connectivity index (χ4n) is 1.02. The molecule has 0 bridgehead atoms. The van der Waals surface area contributed by atoms with Crippen LogP contribution in [0.5, 0.6) is 0 Å². The van der Waals surface area contributed by atoms with Crippen LogP contribution in [0.25, 0.3) is 0 Å². The molecule has 2 heteroatoms. The van der Waals surface area contributed by atoms with Gasteiger partial charge in [0, 0.05) is 0 Å². The lowest BCUT2D eigenvalue weighted by Crippen LogP contribution is -2.18. The summed E-state index contributed by atoms with van der Waals surface area (Å²) in [6, 6.07) is 0. The van der Waals surface area contributed by atoms with Crippen LogP contribution >= 0.6 is 11.8 Å². The summed E-state index contributed by atoms with van der Waals surface area (Å²) in [7, 11) is 0. The zero-order valence-electron chi connectivity index (χ0n) is 7.72. The molecule has 0 radical (unpaired) electrons. The maximum Gasteiger partial charge on any atom is 0.103 e. The van der Waals surface area contributed by atoms with Crippen molar-refractivity contribution >= 4 is 11.8 Å². The summed E-state index contributed by atoms with van der Waals surface area (Å²) in [4.78, 5) is 0. The van der Waals surface area contributed by atoms with Crippen LogP contribution in [0, 0.1) is 5.41 Å². The molecular weight excluding hydrogens is 156 g/mol. The molecule has 1 unspecified atom stereocenters. The summed E-state index contributed by atoms with van der Waals surface area (Å²) in [5.74, 6) is 1.29. The SMILES string of the molecule is CC(C)(C)COC1CCCS1. The molecule has 1 rings (SSSR count). The second-order valence-corrected chi connectivity index (χ2v) is 5.58. The Morgan fingerprint density at radius 3 is 2.64 bits per heavy atom. The highest BCUT2D eigenvalue weighted by Gasteiger charge is 2.19. The first kappa shape index (κ1) is 9.40. The Balaban J connectivity index is 2.11. The van der Waals surface area contributed by atoms with Crippen LogP contribution in [-0.4, -0.2) is 17.8 Å². The van der Waals surface area contributed by atoms with Gasteiger partial charge >= 0.3 is 0 Å². The Morgan fingerprint density at radius 1 is 1.45 bits per heavy atom. The fourth-order valence-corrected chi connectivity index (χ4v) is 2.12. The van der Waals surface area contributed by atoms with Crippen molar-refractivity contribution in [2.75, 3.05) is 12.4 Å². The van der Waals surface area contributed by atoms with Gasteiger partial charge in [-0.2, -0.15) is 0 Å². The van der Waals surface area contributed by atoms with E-state index in [-0.39, 0.29) is 0 Å². The zero-order chi connectivity index (χ0) is 8.32. The Bertz CT molecular complexity index is 111. The molecule has 1 fully saturated rings. The zero-order valence-corrected chi connectivity index (χ0v) is 8.54. The maximum atomic E-state index is 5.73. The molecule has 0 amide bonds. The molecule has 1 atom stereocenters. The van der Waals surface area contributed by atoms with E-state index in [0.717, 1.165) is 6.61 Å². The second kappa shape index (κ2) is 3.81. The number of thioether (sulfide) groups is 1. The Kier molecular flexibility index (Phi) is 3.26. The standard InChI is InChI=1S/C9H18OS/c1-9(2,3)7-10-8-5-4-6-11-8/h8H,4-7H2,1-3H3. The molecule has 0 aliphatic carbocycles. The van der Waals surface area contributed by atoms with Crippen molar-refractivity contribution < 1.29 is 4.74 Å². The minimum atomic E-state index is 0.323. The van der Waals surface area contributed by atoms with Crippen LogP contribution in [-0.2, 0) is 4.74 Å². The van der Waals surface area contributed by atoms with Gasteiger partial charge in [0.1, 0.15) is 5.44 Å². The highest BCUT2D eigenvalue weighted by molar-refractivity contribution is 8.00. The second-order valence-electron chi connectivity index (χ2n) is 4.31. The van der Waals surface area contributed by atoms with Crippen LogP contribution in [0.1, 0.15) is 33.6 Å². The van der Waals surface area contributed by atoms with E-state index in [9.17, 15) is 0 Å². The first-order chi connectivity index (χ1) is 5.08. The van der Waals surface area contributed by atoms with Crippen molar-refractivity contribution in [3.05, 3.63) is 0 Å². The molecule has 1 aliphatic heterocycles. The predicted molar refractivity (Wildman–Crippen MR) is 50.9 cm³/mol. The highest BCUT2D eigenvalue weighted by atomic mass is 32.2. The van der Waals surface area contributed by atoms with Crippen LogP contribution in [0.4, 0.5) is 0 Å². The summed E-state index contributed by atoms with van der Waals surface area (Å²) in [5.41, 5.74) is 0.817. The molecule has 0 aromatic heterocycles. The summed E-state index contributed by atoms with van der Waals surface area (Å²) >= 11 is 1.96. The van der Waals surface area contributed by atoms with Gasteiger partial charge in [0.2, 0.25) is 0 Å². The summed E-state index contributed by atoms with van der Waals surface area (Å²) in [6.45, 7) is 7.54. The minimum Gasteiger partial charge on any atom is -0.367 e. The van der Waals surface area contributed by atoms with Gasteiger partial charge in [-0.1, -0.05) is 20.8 Å². The largest absolute Gasteiger partial charge is 0.367 e. The lowest BCUT2D eigenvalue weighted by Gasteiger charge is -2.20. The maximum absolute atomic E-state index is 5.73. The van der Waals surface area contributed by atoms with Crippen LogP contribution in [0.3, 0.4) is 0 Å². The van der Waals surface area contributed by atoms with Crippen LogP contribution < -0.4 is 0 Å². The number of hydrogen-bond acceptors (Lipinski definition) is 2. The highest BCUT2D eigenvalue weighted by Crippen LogP contribution is 2.28. The van der Waals surface area contributed by atoms with E-state index in [4.69, 9.17) is 4.74 Å². The average Bonchev–Trinajstić information content (AvgIpc) is 2.32. The molecule has 11 heavy (non-hydrogen) atoms. The first-order valence-electron chi connectivity index (χ1n) is 4.31. The molecule has 1 nitrogen and oxygen atoms in total. The molecule has 1 aliphatic rings. The fraction of sp³-hybridized carbons (Fsp3) is 1.00. The van der Waals surface area contributed by atoms with Gasteiger partial charge in [-0.05, 0) is 24.0 Å². The van der Waals surface area contributed by atoms with E-state index in [1.54, 1.807) is 0 Å². The molecule has 66 valence electrons. The van der Waals surface area contributed by atoms with Crippen molar-refractivity contribution in [1.29, 1.82) is 0 Å². The molecule has 0 aromatic carbocycles. The number of hydrogen-bond donors (Lipinski definition) is 0. The van der Waals surface area contributed by atoms with E-state index < -0.39 is 0 Å². The predicted octanol–water partition coefficient (Wildman–Crippen LogP) is 2.90. The summed E-state index contributed by atoms with van der Waals surface area (Å²) in [6.07, 6.45) is 2.58. The van der Waals surface area contributed by atoms with Gasteiger partial charge in [-0.15, -0.1) is 11.8 Å². The smallest absolute Gasteiger partial charge is 0.103 e. The lowest BCUT2D eigenvalue weighted by atomic mass is 9.99. The molecular formula is C9H18OS. The van der Waals surface area contributed by atoms with E-state index in [1.165, 1.54) is 18.6 Å². The van der Waals surface area contributed by atoms with Gasteiger partial charge in [-0.25, -0.2) is 0 Å². The van der Waals surface area contributed by atoms with Gasteiger partial charge in [-0.3, -0.25) is 0 Å². The molecule has 0 spiro atoms. The minimum absolute atomic E-state index is 0.323. The van der Waals surface area contributed by atoms with Crippen LogP contribution in [0.15, 0.2) is 0 Å². The van der Waals surface area contributed by atoms with Crippen molar-refractivity contribution in [1.82, 2.24) is 0 Å². The Labute approximate surface area is 73.9 Å². The van der Waals surface area contributed by atoms with E-state index in [2.05, 4.69) is 20.8 Å². The normalized spacial score (nSPS) is 25.9. The van der Waals surface area contributed by atoms with E-state index >= 15 is 0 Å². The number of ether oxygens (including phenoxy) is 1. The molecule has 1 saturated heterocycles. The third-order valence-corrected chi connectivity index (χ3v) is 2.86. The van der Waals surface area contributed by atoms with Crippen molar-refractivity contribution in [3.8, 4) is 0 Å². The van der Waals surface area contributed by atoms with Gasteiger partial charge in [0.15, 0.2) is 0 Å². The van der Waals surface area contributed by atoms with Crippen molar-refractivity contribution in [2.24, 2.45) is 5.41 Å². The third-order valence-electron chi connectivity index (χ3n) is 1.59. The monoisotopic (exact) mass is 174 g/mol. The van der Waals surface area contributed by atoms with Crippen LogP contribution in [0.2, 0.25) is 0 Å². The topological polar surface area (TPSA) is 9.23 Å². The lowest BCUT2D eigenvalue weighted by molar-refractivity contribution is 0.0538. The number of rotatable bonds is 2. The Hall–Kier alpha value is 0.310. The quantitative estimate of drug-likeness (QED) is 0.636. The van der Waals surface area contributed by atoms with Gasteiger partial charge in [0.25, 0.3) is 0 Å². The summed E-state index contributed by atoms with van der Waals surface area (Å²) < 4.78 is 5.73.